The molecule has 1 heterocycles. The highest BCUT2D eigenvalue weighted by Crippen LogP contribution is 2.25. The molecule has 3 N–H and O–H groups in total. The van der Waals surface area contributed by atoms with Gasteiger partial charge in [-0.2, -0.15) is 0 Å². The Hall–Kier alpha value is -3.68. The number of hydrogen-bond donors (Lipinski definition) is 3. The number of nitrogens with zero attached hydrogens (tertiary/aromatic N) is 1. The van der Waals surface area contributed by atoms with Crippen LogP contribution < -0.4 is 5.32 Å². The van der Waals surface area contributed by atoms with E-state index in [4.69, 9.17) is 5.11 Å². The third-order valence-corrected chi connectivity index (χ3v) is 4.18. The maximum atomic E-state index is 12.2. The fourth-order valence-electron chi connectivity index (χ4n) is 2.82. The van der Waals surface area contributed by atoms with Crippen LogP contribution in [0.1, 0.15) is 43.9 Å². The summed E-state index contributed by atoms with van der Waals surface area (Å²) in [5.74, 6) is -2.68. The Morgan fingerprint density at radius 3 is 2.22 bits per heavy atom. The summed E-state index contributed by atoms with van der Waals surface area (Å²) in [7, 11) is 0. The van der Waals surface area contributed by atoms with E-state index in [1.54, 1.807) is 24.3 Å². The number of carboxylic acids is 1. The zero-order chi connectivity index (χ0) is 19.6. The molecule has 2 aromatic rings. The van der Waals surface area contributed by atoms with Crippen LogP contribution in [-0.4, -0.2) is 45.3 Å². The molecule has 2 aromatic carbocycles. The molecule has 0 unspecified atom stereocenters. The summed E-state index contributed by atoms with van der Waals surface area (Å²) in [6.45, 7) is 0.0842. The van der Waals surface area contributed by atoms with E-state index in [-0.39, 0.29) is 48.2 Å². The number of hydrogen-bond acceptors (Lipinski definition) is 5. The summed E-state index contributed by atoms with van der Waals surface area (Å²) in [5, 5.41) is 21.1. The number of carbonyl (C=O) groups excluding carboxylic acids is 3. The highest BCUT2D eigenvalue weighted by atomic mass is 16.4. The molecule has 0 bridgehead atoms. The average molecular weight is 368 g/mol. The Kier molecular flexibility index (Phi) is 4.89. The van der Waals surface area contributed by atoms with E-state index >= 15 is 0 Å². The van der Waals surface area contributed by atoms with Gasteiger partial charge in [0, 0.05) is 13.0 Å². The zero-order valence-corrected chi connectivity index (χ0v) is 14.1. The molecule has 27 heavy (non-hydrogen) atoms. The second kappa shape index (κ2) is 7.28. The van der Waals surface area contributed by atoms with Crippen molar-refractivity contribution in [3.05, 3.63) is 59.2 Å². The number of phenolic OH excluding ortho intramolecular Hbond substituents is 1. The van der Waals surface area contributed by atoms with Crippen LogP contribution in [0, 0.1) is 0 Å². The first-order chi connectivity index (χ1) is 12.9. The monoisotopic (exact) mass is 368 g/mol. The third kappa shape index (κ3) is 3.64. The van der Waals surface area contributed by atoms with Crippen molar-refractivity contribution < 1.29 is 29.4 Å². The van der Waals surface area contributed by atoms with E-state index in [9.17, 15) is 24.3 Å². The van der Waals surface area contributed by atoms with E-state index in [0.717, 1.165) is 11.0 Å². The largest absolute Gasteiger partial charge is 0.506 e. The number of phenols is 1. The highest BCUT2D eigenvalue weighted by molar-refractivity contribution is 6.21. The van der Waals surface area contributed by atoms with E-state index in [1.165, 1.54) is 12.1 Å². The number of aromatic hydroxyl groups is 1. The summed E-state index contributed by atoms with van der Waals surface area (Å²) in [4.78, 5) is 48.6. The van der Waals surface area contributed by atoms with Crippen molar-refractivity contribution in [1.29, 1.82) is 0 Å². The summed E-state index contributed by atoms with van der Waals surface area (Å²) in [5.41, 5.74) is 0.611. The van der Waals surface area contributed by atoms with Gasteiger partial charge in [-0.25, -0.2) is 4.79 Å². The van der Waals surface area contributed by atoms with Gasteiger partial charge in [0.15, 0.2) is 0 Å². The van der Waals surface area contributed by atoms with E-state index in [0.29, 0.717) is 11.1 Å². The number of nitrogens with one attached hydrogen (secondary N) is 1. The van der Waals surface area contributed by atoms with E-state index in [1.807, 2.05) is 0 Å². The number of carboxylic acid groups (broad SMARTS) is 1. The van der Waals surface area contributed by atoms with Gasteiger partial charge in [-0.15, -0.1) is 0 Å². The predicted molar refractivity (Wildman–Crippen MR) is 94.7 cm³/mol. The molecule has 3 rings (SSSR count). The molecular formula is C19H16N2O6. The molecule has 0 radical (unpaired) electrons. The minimum atomic E-state index is -1.18. The molecule has 138 valence electrons. The minimum Gasteiger partial charge on any atom is -0.506 e. The first kappa shape index (κ1) is 18.1. The number of rotatable bonds is 6. The first-order valence-electron chi connectivity index (χ1n) is 8.20. The summed E-state index contributed by atoms with van der Waals surface area (Å²) >= 11 is 0. The first-order valence-corrected chi connectivity index (χ1v) is 8.20. The van der Waals surface area contributed by atoms with Crippen molar-refractivity contribution in [2.45, 2.75) is 12.8 Å². The lowest BCUT2D eigenvalue weighted by Crippen LogP contribution is -2.31. The van der Waals surface area contributed by atoms with Gasteiger partial charge in [-0.05, 0) is 36.8 Å². The van der Waals surface area contributed by atoms with Crippen LogP contribution in [0.5, 0.6) is 5.75 Å². The van der Waals surface area contributed by atoms with Crippen molar-refractivity contribution in [1.82, 2.24) is 4.90 Å². The molecule has 8 nitrogen and oxygen atoms in total. The molecule has 0 fully saturated rings. The highest BCUT2D eigenvalue weighted by Gasteiger charge is 2.34. The molecule has 0 saturated heterocycles. The van der Waals surface area contributed by atoms with Crippen LogP contribution in [0.15, 0.2) is 42.5 Å². The Morgan fingerprint density at radius 2 is 1.63 bits per heavy atom. The van der Waals surface area contributed by atoms with Gasteiger partial charge >= 0.3 is 5.97 Å². The molecule has 1 aliphatic heterocycles. The second-order valence-electron chi connectivity index (χ2n) is 6.00. The maximum absolute atomic E-state index is 12.2. The SMILES string of the molecule is O=C(CCCN1C(=O)c2ccccc2C1=O)Nc1cc(C(=O)O)ccc1O. The van der Waals surface area contributed by atoms with Crippen LogP contribution in [0.3, 0.4) is 0 Å². The van der Waals surface area contributed by atoms with Gasteiger partial charge in [-0.3, -0.25) is 19.3 Å². The lowest BCUT2D eigenvalue weighted by atomic mass is 10.1. The van der Waals surface area contributed by atoms with E-state index < -0.39 is 11.9 Å². The van der Waals surface area contributed by atoms with Crippen LogP contribution in [0.25, 0.3) is 0 Å². The second-order valence-corrected chi connectivity index (χ2v) is 6.00. The molecule has 0 spiro atoms. The van der Waals surface area contributed by atoms with Gasteiger partial charge in [0.05, 0.1) is 22.4 Å². The summed E-state index contributed by atoms with van der Waals surface area (Å²) < 4.78 is 0. The molecule has 0 aliphatic carbocycles. The number of benzene rings is 2. The standard InChI is InChI=1S/C19H16N2O6/c22-15-8-7-11(19(26)27)10-14(15)20-16(23)6-3-9-21-17(24)12-4-1-2-5-13(12)18(21)25/h1-2,4-5,7-8,10,22H,3,6,9H2,(H,20,23)(H,26,27). The topological polar surface area (TPSA) is 124 Å². The number of fused-ring (bicyclic) bond motifs is 1. The van der Waals surface area contributed by atoms with Crippen molar-refractivity contribution >= 4 is 29.4 Å². The van der Waals surface area contributed by atoms with E-state index in [2.05, 4.69) is 5.32 Å². The Balaban J connectivity index is 1.57. The smallest absolute Gasteiger partial charge is 0.335 e. The summed E-state index contributed by atoms with van der Waals surface area (Å²) in [6.07, 6.45) is 0.223. The number of anilines is 1. The van der Waals surface area contributed by atoms with Crippen molar-refractivity contribution in [3.8, 4) is 5.75 Å². The average Bonchev–Trinajstić information content (AvgIpc) is 2.88. The van der Waals surface area contributed by atoms with Crippen LogP contribution in [0.2, 0.25) is 0 Å². The van der Waals surface area contributed by atoms with Gasteiger partial charge in [0.2, 0.25) is 5.91 Å². The zero-order valence-electron chi connectivity index (χ0n) is 14.1. The van der Waals surface area contributed by atoms with Crippen LogP contribution >= 0.6 is 0 Å². The molecule has 8 heteroatoms. The molecular weight excluding hydrogens is 352 g/mol. The van der Waals surface area contributed by atoms with Crippen LogP contribution in [-0.2, 0) is 4.79 Å². The van der Waals surface area contributed by atoms with Gasteiger partial charge in [0.25, 0.3) is 11.8 Å². The fourth-order valence-corrected chi connectivity index (χ4v) is 2.82. The number of aromatic carboxylic acids is 1. The number of amides is 3. The van der Waals surface area contributed by atoms with Crippen LogP contribution in [0.4, 0.5) is 5.69 Å². The molecule has 3 amide bonds. The Bertz CT molecular complexity index is 918. The van der Waals surface area contributed by atoms with Crippen molar-refractivity contribution in [2.24, 2.45) is 0 Å². The lowest BCUT2D eigenvalue weighted by molar-refractivity contribution is -0.116. The van der Waals surface area contributed by atoms with Gasteiger partial charge < -0.3 is 15.5 Å². The predicted octanol–water partition coefficient (Wildman–Crippen LogP) is 2.11. The fraction of sp³-hybridized carbons (Fsp3) is 0.158. The molecule has 0 aromatic heterocycles. The molecule has 1 aliphatic rings. The minimum absolute atomic E-state index is 0.00978. The number of imide groups is 1. The lowest BCUT2D eigenvalue weighted by Gasteiger charge is -2.13. The molecule has 0 saturated carbocycles. The number of carbonyl (C=O) groups is 4. The van der Waals surface area contributed by atoms with Gasteiger partial charge in [0.1, 0.15) is 5.75 Å². The van der Waals surface area contributed by atoms with Crippen molar-refractivity contribution in [3.63, 3.8) is 0 Å². The third-order valence-electron chi connectivity index (χ3n) is 4.18. The van der Waals surface area contributed by atoms with Gasteiger partial charge in [-0.1, -0.05) is 12.1 Å². The normalized spacial score (nSPS) is 12.8. The Labute approximate surface area is 154 Å². The maximum Gasteiger partial charge on any atom is 0.335 e. The Morgan fingerprint density at radius 1 is 1.00 bits per heavy atom. The summed E-state index contributed by atoms with van der Waals surface area (Å²) in [6, 6.07) is 10.1. The van der Waals surface area contributed by atoms with Crippen molar-refractivity contribution in [2.75, 3.05) is 11.9 Å². The molecule has 0 atom stereocenters. The quantitative estimate of drug-likeness (QED) is 0.530.